The van der Waals surface area contributed by atoms with Gasteiger partial charge in [-0.05, 0) is 60.8 Å². The molecule has 0 saturated carbocycles. The van der Waals surface area contributed by atoms with Crippen LogP contribution in [-0.4, -0.2) is 31.1 Å². The molecule has 0 spiro atoms. The maximum Gasteiger partial charge on any atom is 0.0423 e. The van der Waals surface area contributed by atoms with Crippen LogP contribution in [0.1, 0.15) is 38.3 Å². The topological polar surface area (TPSA) is 15.3 Å². The number of anilines is 1. The third-order valence-electron chi connectivity index (χ3n) is 5.34. The molecule has 2 aromatic rings. The molecule has 124 valence electrons. The molecule has 0 saturated heterocycles. The van der Waals surface area contributed by atoms with Gasteiger partial charge in [-0.25, -0.2) is 0 Å². The Morgan fingerprint density at radius 3 is 2.61 bits per heavy atom. The maximum atomic E-state index is 3.71. The van der Waals surface area contributed by atoms with E-state index in [0.29, 0.717) is 0 Å². The first kappa shape index (κ1) is 16.3. The Morgan fingerprint density at radius 2 is 1.87 bits per heavy atom. The number of hydrogen-bond donors (Lipinski definition) is 1. The Bertz CT molecular complexity index is 658. The fraction of sp³-hybridized carbons (Fsp3) is 0.524. The maximum absolute atomic E-state index is 3.71. The van der Waals surface area contributed by atoms with Crippen molar-refractivity contribution in [2.45, 2.75) is 40.0 Å². The standard InChI is InChI=1S/C21H30N2/c1-4-23(5-2)13-12-22-21-15-17-14-16(3)10-11-18(17)19-8-6-7-9-20(19)21/h6-9,15-16,22H,4-5,10-14H2,1-3H3. The minimum Gasteiger partial charge on any atom is -0.383 e. The highest BCUT2D eigenvalue weighted by Crippen LogP contribution is 2.35. The van der Waals surface area contributed by atoms with E-state index in [0.717, 1.165) is 32.1 Å². The zero-order chi connectivity index (χ0) is 16.2. The fourth-order valence-electron chi connectivity index (χ4n) is 3.87. The number of benzene rings is 2. The zero-order valence-electron chi connectivity index (χ0n) is 14.9. The van der Waals surface area contributed by atoms with Gasteiger partial charge in [0.05, 0.1) is 0 Å². The Balaban J connectivity index is 1.88. The highest BCUT2D eigenvalue weighted by molar-refractivity contribution is 5.97. The van der Waals surface area contributed by atoms with Crippen molar-refractivity contribution in [1.82, 2.24) is 4.90 Å². The Kier molecular flexibility index (Phi) is 5.22. The number of likely N-dealkylation sites (N-methyl/N-ethyl adjacent to an activating group) is 1. The van der Waals surface area contributed by atoms with Crippen LogP contribution in [0, 0.1) is 5.92 Å². The highest BCUT2D eigenvalue weighted by atomic mass is 15.1. The van der Waals surface area contributed by atoms with Crippen LogP contribution in [0.25, 0.3) is 10.8 Å². The Morgan fingerprint density at radius 1 is 1.13 bits per heavy atom. The minimum absolute atomic E-state index is 0.812. The van der Waals surface area contributed by atoms with Gasteiger partial charge < -0.3 is 10.2 Å². The van der Waals surface area contributed by atoms with E-state index < -0.39 is 0 Å². The van der Waals surface area contributed by atoms with Crippen LogP contribution in [0.5, 0.6) is 0 Å². The van der Waals surface area contributed by atoms with Crippen molar-refractivity contribution in [2.75, 3.05) is 31.5 Å². The smallest absolute Gasteiger partial charge is 0.0423 e. The first-order valence-corrected chi connectivity index (χ1v) is 9.22. The van der Waals surface area contributed by atoms with Crippen molar-refractivity contribution in [3.05, 3.63) is 41.5 Å². The van der Waals surface area contributed by atoms with Crippen molar-refractivity contribution in [3.8, 4) is 0 Å². The van der Waals surface area contributed by atoms with Crippen molar-refractivity contribution < 1.29 is 0 Å². The molecule has 0 aromatic heterocycles. The molecule has 1 aliphatic carbocycles. The number of fused-ring (bicyclic) bond motifs is 3. The Hall–Kier alpha value is -1.54. The monoisotopic (exact) mass is 310 g/mol. The summed E-state index contributed by atoms with van der Waals surface area (Å²) in [7, 11) is 0. The average molecular weight is 310 g/mol. The molecule has 1 aliphatic rings. The molecule has 1 unspecified atom stereocenters. The number of rotatable bonds is 6. The summed E-state index contributed by atoms with van der Waals surface area (Å²) in [5.74, 6) is 0.812. The van der Waals surface area contributed by atoms with Crippen LogP contribution in [0.3, 0.4) is 0 Å². The second kappa shape index (κ2) is 7.35. The van der Waals surface area contributed by atoms with E-state index in [1.54, 1.807) is 11.1 Å². The van der Waals surface area contributed by atoms with E-state index in [1.165, 1.54) is 35.7 Å². The molecule has 23 heavy (non-hydrogen) atoms. The first-order chi connectivity index (χ1) is 11.2. The normalized spacial score (nSPS) is 17.5. The molecule has 0 fully saturated rings. The van der Waals surface area contributed by atoms with E-state index in [4.69, 9.17) is 0 Å². The summed E-state index contributed by atoms with van der Waals surface area (Å²) < 4.78 is 0. The molecule has 0 aliphatic heterocycles. The predicted octanol–water partition coefficient (Wildman–Crippen LogP) is 4.72. The van der Waals surface area contributed by atoms with Crippen LogP contribution < -0.4 is 5.32 Å². The minimum atomic E-state index is 0.812. The van der Waals surface area contributed by atoms with Crippen LogP contribution in [0.2, 0.25) is 0 Å². The number of hydrogen-bond acceptors (Lipinski definition) is 2. The van der Waals surface area contributed by atoms with Gasteiger partial charge in [0, 0.05) is 24.2 Å². The molecule has 0 radical (unpaired) electrons. The largest absolute Gasteiger partial charge is 0.383 e. The summed E-state index contributed by atoms with van der Waals surface area (Å²) in [6, 6.07) is 11.3. The van der Waals surface area contributed by atoms with E-state index in [-0.39, 0.29) is 0 Å². The number of nitrogens with one attached hydrogen (secondary N) is 1. The van der Waals surface area contributed by atoms with E-state index in [2.05, 4.69) is 61.3 Å². The highest BCUT2D eigenvalue weighted by Gasteiger charge is 2.19. The van der Waals surface area contributed by atoms with Crippen molar-refractivity contribution >= 4 is 16.5 Å². The van der Waals surface area contributed by atoms with Gasteiger partial charge in [0.2, 0.25) is 0 Å². The molecule has 2 aromatic carbocycles. The summed E-state index contributed by atoms with van der Waals surface area (Å²) in [5.41, 5.74) is 4.47. The molecule has 2 nitrogen and oxygen atoms in total. The summed E-state index contributed by atoms with van der Waals surface area (Å²) in [4.78, 5) is 2.47. The quantitative estimate of drug-likeness (QED) is 0.830. The van der Waals surface area contributed by atoms with Gasteiger partial charge in [0.15, 0.2) is 0 Å². The van der Waals surface area contributed by atoms with Gasteiger partial charge >= 0.3 is 0 Å². The average Bonchev–Trinajstić information content (AvgIpc) is 2.58. The van der Waals surface area contributed by atoms with Gasteiger partial charge in [0.25, 0.3) is 0 Å². The molecule has 2 heteroatoms. The Labute approximate surface area is 140 Å². The van der Waals surface area contributed by atoms with Crippen molar-refractivity contribution in [3.63, 3.8) is 0 Å². The van der Waals surface area contributed by atoms with Crippen LogP contribution in [0.4, 0.5) is 5.69 Å². The molecule has 0 heterocycles. The predicted molar refractivity (Wildman–Crippen MR) is 101 cm³/mol. The van der Waals surface area contributed by atoms with Gasteiger partial charge in [0.1, 0.15) is 0 Å². The lowest BCUT2D eigenvalue weighted by molar-refractivity contribution is 0.316. The lowest BCUT2D eigenvalue weighted by Crippen LogP contribution is -2.28. The number of aryl methyl sites for hydroxylation is 1. The number of nitrogens with zero attached hydrogens (tertiary/aromatic N) is 1. The second-order valence-electron chi connectivity index (χ2n) is 6.91. The van der Waals surface area contributed by atoms with Gasteiger partial charge in [-0.2, -0.15) is 0 Å². The molecule has 1 N–H and O–H groups in total. The lowest BCUT2D eigenvalue weighted by Gasteiger charge is -2.25. The second-order valence-corrected chi connectivity index (χ2v) is 6.91. The molecular weight excluding hydrogens is 280 g/mol. The van der Waals surface area contributed by atoms with E-state index in [1.807, 2.05) is 0 Å². The summed E-state index contributed by atoms with van der Waals surface area (Å²) in [5, 5.41) is 6.56. The van der Waals surface area contributed by atoms with Gasteiger partial charge in [-0.1, -0.05) is 45.0 Å². The van der Waals surface area contributed by atoms with E-state index >= 15 is 0 Å². The van der Waals surface area contributed by atoms with Crippen molar-refractivity contribution in [2.24, 2.45) is 5.92 Å². The van der Waals surface area contributed by atoms with Gasteiger partial charge in [-0.3, -0.25) is 0 Å². The summed E-state index contributed by atoms with van der Waals surface area (Å²) >= 11 is 0. The van der Waals surface area contributed by atoms with Gasteiger partial charge in [-0.15, -0.1) is 0 Å². The summed E-state index contributed by atoms with van der Waals surface area (Å²) in [6.45, 7) is 11.2. The SMILES string of the molecule is CCN(CC)CCNc1cc2c(c3ccccc13)CCC(C)C2. The third-order valence-corrected chi connectivity index (χ3v) is 5.34. The fourth-order valence-corrected chi connectivity index (χ4v) is 3.87. The third kappa shape index (κ3) is 3.53. The molecule has 0 bridgehead atoms. The molecule has 3 rings (SSSR count). The van der Waals surface area contributed by atoms with Crippen molar-refractivity contribution in [1.29, 1.82) is 0 Å². The lowest BCUT2D eigenvalue weighted by atomic mass is 9.82. The zero-order valence-corrected chi connectivity index (χ0v) is 14.9. The molecule has 0 amide bonds. The molecule has 1 atom stereocenters. The summed E-state index contributed by atoms with van der Waals surface area (Å²) in [6.07, 6.45) is 3.79. The van der Waals surface area contributed by atoms with E-state index in [9.17, 15) is 0 Å². The van der Waals surface area contributed by atoms with Crippen LogP contribution in [0.15, 0.2) is 30.3 Å². The first-order valence-electron chi connectivity index (χ1n) is 9.22. The van der Waals surface area contributed by atoms with Crippen LogP contribution in [-0.2, 0) is 12.8 Å². The molecular formula is C21H30N2. The van der Waals surface area contributed by atoms with Crippen LogP contribution >= 0.6 is 0 Å².